The molecule has 0 aliphatic heterocycles. The molecule has 0 heterocycles. The molecule has 2 N–H and O–H groups in total. The number of nitrogens with zero attached hydrogens (tertiary/aromatic N) is 1. The van der Waals surface area contributed by atoms with E-state index in [1.54, 1.807) is 36.4 Å². The number of benzene rings is 2. The molecule has 0 aliphatic carbocycles. The molecule has 0 saturated heterocycles. The third kappa shape index (κ3) is 3.97. The van der Waals surface area contributed by atoms with Crippen LogP contribution in [0.3, 0.4) is 0 Å². The predicted octanol–water partition coefficient (Wildman–Crippen LogP) is 3.97. The van der Waals surface area contributed by atoms with Gasteiger partial charge in [0.05, 0.1) is 24.4 Å². The van der Waals surface area contributed by atoms with Gasteiger partial charge in [-0.2, -0.15) is 5.26 Å². The minimum Gasteiger partial charge on any atom is -0.495 e. The molecule has 0 fully saturated rings. The van der Waals surface area contributed by atoms with Gasteiger partial charge in [-0.25, -0.2) is 4.79 Å². The normalized spacial score (nSPS) is 9.57. The molecule has 2 aromatic carbocycles. The molecular formula is C15H12BrN3O2. The standard InChI is InChI=1S/C15H12BrN3O2/c1-21-14-7-4-11(16)8-13(14)19-15(20)18-12-5-2-10(9-17)3-6-12/h2-8H,1H3,(H2,18,19,20). The number of amides is 2. The van der Waals surface area contributed by atoms with Gasteiger partial charge in [-0.1, -0.05) is 15.9 Å². The zero-order valence-corrected chi connectivity index (χ0v) is 12.8. The number of carbonyl (C=O) groups is 1. The lowest BCUT2D eigenvalue weighted by Crippen LogP contribution is -2.19. The van der Waals surface area contributed by atoms with E-state index in [1.165, 1.54) is 7.11 Å². The first-order chi connectivity index (χ1) is 10.1. The van der Waals surface area contributed by atoms with Gasteiger partial charge in [-0.3, -0.25) is 0 Å². The Bertz CT molecular complexity index is 693. The van der Waals surface area contributed by atoms with Gasteiger partial charge in [-0.05, 0) is 42.5 Å². The molecule has 0 aliphatic rings. The molecule has 2 rings (SSSR count). The summed E-state index contributed by atoms with van der Waals surface area (Å²) in [6.45, 7) is 0. The highest BCUT2D eigenvalue weighted by Gasteiger charge is 2.08. The molecular weight excluding hydrogens is 334 g/mol. The maximum Gasteiger partial charge on any atom is 0.323 e. The van der Waals surface area contributed by atoms with Crippen molar-refractivity contribution in [2.24, 2.45) is 0 Å². The fourth-order valence-electron chi connectivity index (χ4n) is 1.69. The summed E-state index contributed by atoms with van der Waals surface area (Å²) >= 11 is 3.34. The highest BCUT2D eigenvalue weighted by Crippen LogP contribution is 2.28. The molecule has 2 aromatic rings. The summed E-state index contributed by atoms with van der Waals surface area (Å²) in [6.07, 6.45) is 0. The number of nitriles is 1. The van der Waals surface area contributed by atoms with Gasteiger partial charge in [0, 0.05) is 10.2 Å². The summed E-state index contributed by atoms with van der Waals surface area (Å²) in [6, 6.07) is 13.5. The van der Waals surface area contributed by atoms with Crippen LogP contribution < -0.4 is 15.4 Å². The summed E-state index contributed by atoms with van der Waals surface area (Å²) in [4.78, 5) is 12.0. The molecule has 6 heteroatoms. The number of methoxy groups -OCH3 is 1. The average molecular weight is 346 g/mol. The molecule has 0 unspecified atom stereocenters. The summed E-state index contributed by atoms with van der Waals surface area (Å²) in [7, 11) is 1.53. The first-order valence-electron chi connectivity index (χ1n) is 6.04. The van der Waals surface area contributed by atoms with Crippen molar-refractivity contribution in [1.29, 1.82) is 5.26 Å². The Morgan fingerprint density at radius 3 is 2.52 bits per heavy atom. The Morgan fingerprint density at radius 1 is 1.19 bits per heavy atom. The Labute approximate surface area is 130 Å². The van der Waals surface area contributed by atoms with Crippen molar-refractivity contribution < 1.29 is 9.53 Å². The number of hydrogen-bond donors (Lipinski definition) is 2. The molecule has 106 valence electrons. The van der Waals surface area contributed by atoms with Gasteiger partial charge in [0.1, 0.15) is 5.75 Å². The van der Waals surface area contributed by atoms with Gasteiger partial charge in [0.15, 0.2) is 0 Å². The summed E-state index contributed by atoms with van der Waals surface area (Å²) in [5, 5.41) is 14.1. The second kappa shape index (κ2) is 6.77. The van der Waals surface area contributed by atoms with Gasteiger partial charge in [0.25, 0.3) is 0 Å². The number of nitrogens with one attached hydrogen (secondary N) is 2. The average Bonchev–Trinajstić information content (AvgIpc) is 2.48. The second-order valence-corrected chi connectivity index (χ2v) is 5.03. The first-order valence-corrected chi connectivity index (χ1v) is 6.83. The van der Waals surface area contributed by atoms with Gasteiger partial charge in [-0.15, -0.1) is 0 Å². The number of anilines is 2. The van der Waals surface area contributed by atoms with Crippen molar-refractivity contribution in [1.82, 2.24) is 0 Å². The van der Waals surface area contributed by atoms with Crippen molar-refractivity contribution in [3.63, 3.8) is 0 Å². The lowest BCUT2D eigenvalue weighted by Gasteiger charge is -2.11. The van der Waals surface area contributed by atoms with Crippen molar-refractivity contribution >= 4 is 33.3 Å². The number of hydrogen-bond acceptors (Lipinski definition) is 3. The Morgan fingerprint density at radius 2 is 1.90 bits per heavy atom. The predicted molar refractivity (Wildman–Crippen MR) is 84.5 cm³/mol. The first kappa shape index (κ1) is 14.9. The molecule has 0 spiro atoms. The van der Waals surface area contributed by atoms with E-state index in [9.17, 15) is 4.79 Å². The van der Waals surface area contributed by atoms with E-state index in [0.29, 0.717) is 22.7 Å². The monoisotopic (exact) mass is 345 g/mol. The zero-order chi connectivity index (χ0) is 15.2. The maximum atomic E-state index is 12.0. The SMILES string of the molecule is COc1ccc(Br)cc1NC(=O)Nc1ccc(C#N)cc1. The van der Waals surface area contributed by atoms with Crippen LogP contribution in [0.4, 0.5) is 16.2 Å². The lowest BCUT2D eigenvalue weighted by molar-refractivity contribution is 0.262. The third-order valence-corrected chi connectivity index (χ3v) is 3.17. The second-order valence-electron chi connectivity index (χ2n) is 4.11. The van der Waals surface area contributed by atoms with Crippen LogP contribution in [0.15, 0.2) is 46.9 Å². The van der Waals surface area contributed by atoms with Gasteiger partial charge in [0.2, 0.25) is 0 Å². The molecule has 0 bridgehead atoms. The molecule has 0 aromatic heterocycles. The van der Waals surface area contributed by atoms with E-state index < -0.39 is 6.03 Å². The van der Waals surface area contributed by atoms with Gasteiger partial charge >= 0.3 is 6.03 Å². The summed E-state index contributed by atoms with van der Waals surface area (Å²) in [5.74, 6) is 0.563. The van der Waals surface area contributed by atoms with Crippen molar-refractivity contribution in [3.8, 4) is 11.8 Å². The number of carbonyl (C=O) groups excluding carboxylic acids is 1. The van der Waals surface area contributed by atoms with E-state index in [2.05, 4.69) is 26.6 Å². The van der Waals surface area contributed by atoms with Crippen molar-refractivity contribution in [2.75, 3.05) is 17.7 Å². The quantitative estimate of drug-likeness (QED) is 0.883. The molecule has 0 saturated carbocycles. The molecule has 21 heavy (non-hydrogen) atoms. The largest absolute Gasteiger partial charge is 0.495 e. The molecule has 0 atom stereocenters. The number of rotatable bonds is 3. The molecule has 5 nitrogen and oxygen atoms in total. The number of urea groups is 1. The van der Waals surface area contributed by atoms with Crippen LogP contribution in [0.5, 0.6) is 5.75 Å². The summed E-state index contributed by atoms with van der Waals surface area (Å²) in [5.41, 5.74) is 1.69. The van der Waals surface area contributed by atoms with Crippen LogP contribution >= 0.6 is 15.9 Å². The fraction of sp³-hybridized carbons (Fsp3) is 0.0667. The van der Waals surface area contributed by atoms with Gasteiger partial charge < -0.3 is 15.4 Å². The number of ether oxygens (including phenoxy) is 1. The van der Waals surface area contributed by atoms with Crippen LogP contribution in [0.25, 0.3) is 0 Å². The fourth-order valence-corrected chi connectivity index (χ4v) is 2.05. The van der Waals surface area contributed by atoms with Crippen LogP contribution in [0, 0.1) is 11.3 Å². The maximum absolute atomic E-state index is 12.0. The van der Waals surface area contributed by atoms with Crippen molar-refractivity contribution in [3.05, 3.63) is 52.5 Å². The smallest absolute Gasteiger partial charge is 0.323 e. The minimum absolute atomic E-state index is 0.392. The van der Waals surface area contributed by atoms with E-state index in [4.69, 9.17) is 10.00 Å². The van der Waals surface area contributed by atoms with E-state index >= 15 is 0 Å². The highest BCUT2D eigenvalue weighted by molar-refractivity contribution is 9.10. The lowest BCUT2D eigenvalue weighted by atomic mass is 10.2. The van der Waals surface area contributed by atoms with Crippen LogP contribution in [-0.2, 0) is 0 Å². The minimum atomic E-state index is -0.392. The molecule has 2 amide bonds. The molecule has 0 radical (unpaired) electrons. The van der Waals surface area contributed by atoms with E-state index in [-0.39, 0.29) is 0 Å². The Kier molecular flexibility index (Phi) is 4.80. The number of halogens is 1. The Balaban J connectivity index is 2.07. The zero-order valence-electron chi connectivity index (χ0n) is 11.2. The van der Waals surface area contributed by atoms with E-state index in [0.717, 1.165) is 4.47 Å². The highest BCUT2D eigenvalue weighted by atomic mass is 79.9. The van der Waals surface area contributed by atoms with Crippen LogP contribution in [0.2, 0.25) is 0 Å². The van der Waals surface area contributed by atoms with Crippen LogP contribution in [-0.4, -0.2) is 13.1 Å². The summed E-state index contributed by atoms with van der Waals surface area (Å²) < 4.78 is 6.01. The third-order valence-electron chi connectivity index (χ3n) is 2.68. The Hall–Kier alpha value is -2.52. The van der Waals surface area contributed by atoms with Crippen molar-refractivity contribution in [2.45, 2.75) is 0 Å². The topological polar surface area (TPSA) is 74.2 Å². The van der Waals surface area contributed by atoms with E-state index in [1.807, 2.05) is 12.1 Å². The van der Waals surface area contributed by atoms with Crippen LogP contribution in [0.1, 0.15) is 5.56 Å².